The summed E-state index contributed by atoms with van der Waals surface area (Å²) in [6, 6.07) is 0. The maximum absolute atomic E-state index is 8.67. The molecule has 0 spiro atoms. The Labute approximate surface area is 129 Å². The van der Waals surface area contributed by atoms with Gasteiger partial charge in [0.25, 0.3) is 10.3 Å². The average Bonchev–Trinajstić information content (AvgIpc) is 2.33. The topological polar surface area (TPSA) is 81.1 Å². The Morgan fingerprint density at radius 2 is 1.00 bits per heavy atom. The minimum Gasteiger partial charge on any atom is -0.487 e. The van der Waals surface area contributed by atoms with Crippen LogP contribution in [0, 0.1) is 0 Å². The number of aliphatic hydroxyl groups excluding tert-OH is 2. The van der Waals surface area contributed by atoms with E-state index < -0.39 is 11.6 Å². The van der Waals surface area contributed by atoms with E-state index in [0.717, 1.165) is 26.2 Å². The summed E-state index contributed by atoms with van der Waals surface area (Å²) >= 11 is 8.24. The molecular formula is C10H22N2O4S3. The van der Waals surface area contributed by atoms with Crippen molar-refractivity contribution in [1.82, 2.24) is 9.80 Å². The molecule has 0 saturated heterocycles. The van der Waals surface area contributed by atoms with Gasteiger partial charge in [-0.15, -0.1) is 0 Å². The summed E-state index contributed by atoms with van der Waals surface area (Å²) in [5.41, 5.74) is 0. The first-order valence-corrected chi connectivity index (χ1v) is 7.21. The summed E-state index contributed by atoms with van der Waals surface area (Å²) < 4.78 is 16.6. The molecule has 0 fully saturated rings. The minimum atomic E-state index is -0.750. The van der Waals surface area contributed by atoms with Crippen molar-refractivity contribution in [3.05, 3.63) is 0 Å². The molecule has 0 bridgehead atoms. The molecule has 0 amide bonds. The zero-order valence-electron chi connectivity index (χ0n) is 11.7. The van der Waals surface area contributed by atoms with Crippen LogP contribution in [0.1, 0.15) is 27.7 Å². The summed E-state index contributed by atoms with van der Waals surface area (Å²) in [5, 5.41) is 17.3. The lowest BCUT2D eigenvalue weighted by Gasteiger charge is -2.15. The lowest BCUT2D eigenvalue weighted by Crippen LogP contribution is -2.28. The van der Waals surface area contributed by atoms with Gasteiger partial charge in [-0.1, -0.05) is 0 Å². The zero-order chi connectivity index (χ0) is 15.8. The molecule has 19 heavy (non-hydrogen) atoms. The molecule has 0 aliphatic heterocycles. The molecule has 0 atom stereocenters. The second-order valence-electron chi connectivity index (χ2n) is 2.98. The largest absolute Gasteiger partial charge is 0.487 e. The number of hydrogen-bond donors (Lipinski definition) is 2. The third-order valence-corrected chi connectivity index (χ3v) is 2.58. The smallest absolute Gasteiger partial charge is 0.335 e. The van der Waals surface area contributed by atoms with Crippen molar-refractivity contribution in [2.75, 3.05) is 26.2 Å². The van der Waals surface area contributed by atoms with Crippen molar-refractivity contribution in [2.24, 2.45) is 0 Å². The predicted octanol–water partition coefficient (Wildman–Crippen LogP) is 1.67. The van der Waals surface area contributed by atoms with E-state index in [1.54, 1.807) is 9.80 Å². The molecule has 9 heteroatoms. The first kappa shape index (κ1) is 23.3. The lowest BCUT2D eigenvalue weighted by molar-refractivity contribution is 0.371. The molecule has 0 heterocycles. The van der Waals surface area contributed by atoms with Crippen molar-refractivity contribution in [3.8, 4) is 0 Å². The Balaban J connectivity index is -0.000000224. The van der Waals surface area contributed by atoms with Crippen molar-refractivity contribution in [1.29, 1.82) is 0 Å². The highest BCUT2D eigenvalue weighted by molar-refractivity contribution is 7.80. The van der Waals surface area contributed by atoms with Gasteiger partial charge in [-0.2, -0.15) is 8.42 Å². The van der Waals surface area contributed by atoms with Crippen molar-refractivity contribution in [3.63, 3.8) is 0 Å². The average molecular weight is 330 g/mol. The van der Waals surface area contributed by atoms with Crippen LogP contribution in [-0.4, -0.2) is 65.0 Å². The second-order valence-corrected chi connectivity index (χ2v) is 3.84. The van der Waals surface area contributed by atoms with Gasteiger partial charge in [-0.3, -0.25) is 0 Å². The van der Waals surface area contributed by atoms with Crippen LogP contribution in [0.15, 0.2) is 0 Å². The van der Waals surface area contributed by atoms with E-state index in [-0.39, 0.29) is 10.3 Å². The van der Waals surface area contributed by atoms with E-state index >= 15 is 0 Å². The number of nitrogens with zero attached hydrogens (tertiary/aromatic N) is 2. The maximum atomic E-state index is 8.67. The quantitative estimate of drug-likeness (QED) is 0.754. The molecule has 0 aromatic carbocycles. The number of rotatable bonds is 4. The second kappa shape index (κ2) is 17.2. The summed E-state index contributed by atoms with van der Waals surface area (Å²) in [4.78, 5) is 3.41. The van der Waals surface area contributed by atoms with E-state index in [4.69, 9.17) is 18.6 Å². The van der Waals surface area contributed by atoms with Gasteiger partial charge in [-0.25, -0.2) is 0 Å². The fourth-order valence-corrected chi connectivity index (χ4v) is 1.50. The molecular weight excluding hydrogens is 308 g/mol. The highest BCUT2D eigenvalue weighted by Gasteiger charge is 1.99. The molecule has 0 aromatic rings. The van der Waals surface area contributed by atoms with Crippen LogP contribution in [0.4, 0.5) is 0 Å². The number of hydrogen-bond acceptors (Lipinski definition) is 4. The van der Waals surface area contributed by atoms with Gasteiger partial charge < -0.3 is 20.0 Å². The molecule has 0 radical (unpaired) electrons. The lowest BCUT2D eigenvalue weighted by atomic mass is 10.6. The van der Waals surface area contributed by atoms with Crippen molar-refractivity contribution in [2.45, 2.75) is 27.7 Å². The van der Waals surface area contributed by atoms with Crippen LogP contribution in [0.5, 0.6) is 0 Å². The first-order chi connectivity index (χ1) is 8.85. The van der Waals surface area contributed by atoms with E-state index in [1.165, 1.54) is 0 Å². The highest BCUT2D eigenvalue weighted by Crippen LogP contribution is 1.86. The van der Waals surface area contributed by atoms with Gasteiger partial charge in [0.05, 0.1) is 0 Å². The molecule has 114 valence electrons. The molecule has 0 saturated carbocycles. The van der Waals surface area contributed by atoms with Crippen LogP contribution < -0.4 is 0 Å². The third kappa shape index (κ3) is 17.2. The van der Waals surface area contributed by atoms with Gasteiger partial charge >= 0.3 is 11.6 Å². The Kier molecular flexibility index (Phi) is 21.1. The van der Waals surface area contributed by atoms with E-state index in [9.17, 15) is 0 Å². The van der Waals surface area contributed by atoms with E-state index in [1.807, 2.05) is 27.7 Å². The third-order valence-electron chi connectivity index (χ3n) is 2.07. The highest BCUT2D eigenvalue weighted by atomic mass is 32.1. The fraction of sp³-hybridized carbons (Fsp3) is 0.800. The van der Waals surface area contributed by atoms with Crippen LogP contribution in [0.3, 0.4) is 0 Å². The van der Waals surface area contributed by atoms with Crippen LogP contribution in [-0.2, 0) is 11.6 Å². The Hall–Kier alpha value is -0.800. The van der Waals surface area contributed by atoms with Crippen molar-refractivity contribution < 1.29 is 18.6 Å². The number of aliphatic hydroxyl groups is 2. The van der Waals surface area contributed by atoms with Crippen LogP contribution in [0.25, 0.3) is 0 Å². The monoisotopic (exact) mass is 330 g/mol. The maximum Gasteiger partial charge on any atom is 0.335 e. The zero-order valence-corrected chi connectivity index (χ0v) is 14.1. The van der Waals surface area contributed by atoms with Crippen LogP contribution in [0.2, 0.25) is 0 Å². The summed E-state index contributed by atoms with van der Waals surface area (Å²) in [5.74, 6) is 0. The van der Waals surface area contributed by atoms with Gasteiger partial charge in [0, 0.05) is 26.2 Å². The van der Waals surface area contributed by atoms with Crippen LogP contribution >= 0.6 is 24.4 Å². The molecule has 2 N–H and O–H groups in total. The van der Waals surface area contributed by atoms with Gasteiger partial charge in [0.1, 0.15) is 0 Å². The summed E-state index contributed by atoms with van der Waals surface area (Å²) in [6.07, 6.45) is 0. The fourth-order valence-electron chi connectivity index (χ4n) is 0.988. The molecule has 0 aliphatic carbocycles. The molecule has 0 unspecified atom stereocenters. The Bertz CT molecular complexity index is 254. The Morgan fingerprint density at radius 3 is 1.00 bits per heavy atom. The predicted molar refractivity (Wildman–Crippen MR) is 85.2 cm³/mol. The van der Waals surface area contributed by atoms with Gasteiger partial charge in [0.2, 0.25) is 0 Å². The first-order valence-electron chi connectivity index (χ1n) is 5.73. The van der Waals surface area contributed by atoms with Gasteiger partial charge in [-0.05, 0) is 52.1 Å². The standard InChI is InChI=1S/2C5H11NOS.O2S/c2*1-3-6(4-2)5(7)8;1-3-2/h2*3-4H2,1-2H3,(H,7,8);. The summed E-state index contributed by atoms with van der Waals surface area (Å²) in [7, 11) is 0. The SMILES string of the molecule is CCN(CC)C(O)=S.CCN(CC)C(O)=S.O=S=O. The number of thiocarbonyl (C=S) groups is 2. The molecule has 0 aliphatic rings. The van der Waals surface area contributed by atoms with Gasteiger partial charge in [0.15, 0.2) is 0 Å². The molecule has 6 nitrogen and oxygen atoms in total. The van der Waals surface area contributed by atoms with E-state index in [2.05, 4.69) is 24.4 Å². The molecule has 0 rings (SSSR count). The van der Waals surface area contributed by atoms with E-state index in [0.29, 0.717) is 0 Å². The Morgan fingerprint density at radius 1 is 0.842 bits per heavy atom. The normalized spacial score (nSPS) is 8.00. The summed E-state index contributed by atoms with van der Waals surface area (Å²) in [6.45, 7) is 10.9. The minimum absolute atomic E-state index is 0.00463. The van der Waals surface area contributed by atoms with Crippen molar-refractivity contribution >= 4 is 46.4 Å². The molecule has 0 aromatic heterocycles.